The Labute approximate surface area is 122 Å². The van der Waals surface area contributed by atoms with Crippen molar-refractivity contribution in [2.45, 2.75) is 12.5 Å². The minimum atomic E-state index is -0.882. The van der Waals surface area contributed by atoms with E-state index in [9.17, 15) is 9.59 Å². The normalized spacial score (nSPS) is 10.6. The smallest absolute Gasteiger partial charge is 0.408 e. The summed E-state index contributed by atoms with van der Waals surface area (Å²) in [5, 5.41) is 21.6. The Morgan fingerprint density at radius 3 is 2.52 bits per heavy atom. The van der Waals surface area contributed by atoms with Gasteiger partial charge in [0, 0.05) is 6.42 Å². The van der Waals surface area contributed by atoms with Gasteiger partial charge in [0.05, 0.1) is 6.07 Å². The van der Waals surface area contributed by atoms with Crippen molar-refractivity contribution in [1.82, 2.24) is 10.6 Å². The molecule has 0 aromatic heterocycles. The van der Waals surface area contributed by atoms with Crippen molar-refractivity contribution in [3.05, 3.63) is 35.9 Å². The number of nitriles is 2. The van der Waals surface area contributed by atoms with E-state index in [0.29, 0.717) is 0 Å². The topological polar surface area (TPSA) is 115 Å². The van der Waals surface area contributed by atoms with Crippen LogP contribution in [0, 0.1) is 22.7 Å². The number of alkyl carbamates (subject to hydrolysis) is 1. The van der Waals surface area contributed by atoms with Gasteiger partial charge >= 0.3 is 6.09 Å². The summed E-state index contributed by atoms with van der Waals surface area (Å²) in [6.45, 7) is -0.553. The zero-order valence-corrected chi connectivity index (χ0v) is 11.2. The molecule has 7 heteroatoms. The Balaban J connectivity index is 2.70. The van der Waals surface area contributed by atoms with Crippen LogP contribution in [0.15, 0.2) is 30.3 Å². The number of carbonyl (C=O) groups excluding carboxylic acids is 2. The molecule has 0 aliphatic heterocycles. The molecule has 0 spiro atoms. The van der Waals surface area contributed by atoms with Crippen LogP contribution in [0.3, 0.4) is 0 Å². The number of nitrogens with zero attached hydrogens (tertiary/aromatic N) is 2. The van der Waals surface area contributed by atoms with Crippen molar-refractivity contribution < 1.29 is 14.3 Å². The van der Waals surface area contributed by atoms with Gasteiger partial charge < -0.3 is 15.4 Å². The molecule has 1 atom stereocenters. The molecule has 0 saturated carbocycles. The van der Waals surface area contributed by atoms with Crippen LogP contribution in [0.5, 0.6) is 0 Å². The number of hydrogen-bond donors (Lipinski definition) is 2. The first-order valence-corrected chi connectivity index (χ1v) is 6.16. The van der Waals surface area contributed by atoms with Crippen LogP contribution in [0.4, 0.5) is 4.79 Å². The van der Waals surface area contributed by atoms with E-state index in [2.05, 4.69) is 15.4 Å². The zero-order valence-electron chi connectivity index (χ0n) is 11.2. The molecule has 7 nitrogen and oxygen atoms in total. The number of amides is 2. The van der Waals surface area contributed by atoms with Crippen LogP contribution in [0.2, 0.25) is 0 Å². The van der Waals surface area contributed by atoms with Crippen molar-refractivity contribution in [2.75, 3.05) is 13.2 Å². The highest BCUT2D eigenvalue weighted by Crippen LogP contribution is 2.04. The molecule has 1 rings (SSSR count). The van der Waals surface area contributed by atoms with Gasteiger partial charge in [0.1, 0.15) is 18.7 Å². The summed E-state index contributed by atoms with van der Waals surface area (Å²) in [5.41, 5.74) is 0.843. The summed E-state index contributed by atoms with van der Waals surface area (Å²) >= 11 is 0. The zero-order chi connectivity index (χ0) is 15.5. The summed E-state index contributed by atoms with van der Waals surface area (Å²) in [7, 11) is 0. The number of hydrogen-bond acceptors (Lipinski definition) is 5. The lowest BCUT2D eigenvalue weighted by Gasteiger charge is -2.17. The van der Waals surface area contributed by atoms with Gasteiger partial charge in [0.2, 0.25) is 5.91 Å². The summed E-state index contributed by atoms with van der Waals surface area (Å²) in [6.07, 6.45) is -0.607. The SMILES string of the molecule is N#CCNC(=O)C(Cc1ccccc1)NC(=O)OCC#N. The lowest BCUT2D eigenvalue weighted by Crippen LogP contribution is -2.48. The van der Waals surface area contributed by atoms with Crippen LogP contribution < -0.4 is 10.6 Å². The summed E-state index contributed by atoms with van der Waals surface area (Å²) in [5.74, 6) is -0.491. The van der Waals surface area contributed by atoms with Gasteiger partial charge in [0.15, 0.2) is 6.61 Å². The first-order chi connectivity index (χ1) is 10.2. The second-order valence-corrected chi connectivity index (χ2v) is 4.00. The van der Waals surface area contributed by atoms with E-state index in [4.69, 9.17) is 10.5 Å². The van der Waals surface area contributed by atoms with Gasteiger partial charge in [-0.15, -0.1) is 0 Å². The molecule has 1 unspecified atom stereocenters. The van der Waals surface area contributed by atoms with Crippen molar-refractivity contribution in [2.24, 2.45) is 0 Å². The fourth-order valence-electron chi connectivity index (χ4n) is 1.59. The predicted molar refractivity (Wildman–Crippen MR) is 72.7 cm³/mol. The molecule has 108 valence electrons. The third kappa shape index (κ3) is 6.08. The highest BCUT2D eigenvalue weighted by molar-refractivity contribution is 5.86. The van der Waals surface area contributed by atoms with Crippen LogP contribution in [0.25, 0.3) is 0 Å². The standard InChI is InChI=1S/C14H14N4O3/c15-6-8-17-13(19)12(18-14(20)21-9-7-16)10-11-4-2-1-3-5-11/h1-5,12H,8-10H2,(H,17,19)(H,18,20). The van der Waals surface area contributed by atoms with E-state index < -0.39 is 24.6 Å². The van der Waals surface area contributed by atoms with Gasteiger partial charge in [-0.3, -0.25) is 4.79 Å². The number of ether oxygens (including phenoxy) is 1. The maximum absolute atomic E-state index is 11.9. The molecule has 0 aliphatic carbocycles. The Morgan fingerprint density at radius 2 is 1.90 bits per heavy atom. The van der Waals surface area contributed by atoms with E-state index in [0.717, 1.165) is 5.56 Å². The van der Waals surface area contributed by atoms with Gasteiger partial charge in [-0.05, 0) is 5.56 Å². The molecular formula is C14H14N4O3. The number of benzene rings is 1. The van der Waals surface area contributed by atoms with Crippen molar-refractivity contribution in [1.29, 1.82) is 10.5 Å². The Kier molecular flexibility index (Phi) is 6.81. The van der Waals surface area contributed by atoms with Crippen molar-refractivity contribution >= 4 is 12.0 Å². The van der Waals surface area contributed by atoms with Crippen molar-refractivity contribution in [3.8, 4) is 12.1 Å². The maximum Gasteiger partial charge on any atom is 0.408 e. The summed E-state index contributed by atoms with van der Waals surface area (Å²) in [6, 6.07) is 11.6. The minimum Gasteiger partial charge on any atom is -0.434 e. The lowest BCUT2D eigenvalue weighted by atomic mass is 10.1. The molecule has 0 aliphatic rings. The second kappa shape index (κ2) is 8.94. The largest absolute Gasteiger partial charge is 0.434 e. The Bertz CT molecular complexity index is 560. The molecular weight excluding hydrogens is 272 g/mol. The van der Waals surface area contributed by atoms with Crippen LogP contribution in [-0.4, -0.2) is 31.2 Å². The highest BCUT2D eigenvalue weighted by Gasteiger charge is 2.21. The molecule has 0 radical (unpaired) electrons. The third-order valence-electron chi connectivity index (χ3n) is 2.50. The fourth-order valence-corrected chi connectivity index (χ4v) is 1.59. The molecule has 21 heavy (non-hydrogen) atoms. The van der Waals surface area contributed by atoms with E-state index in [1.165, 1.54) is 0 Å². The lowest BCUT2D eigenvalue weighted by molar-refractivity contribution is -0.122. The molecule has 2 amide bonds. The van der Waals surface area contributed by atoms with E-state index in [1.54, 1.807) is 12.1 Å². The van der Waals surface area contributed by atoms with E-state index in [-0.39, 0.29) is 13.0 Å². The number of carbonyl (C=O) groups is 2. The monoisotopic (exact) mass is 286 g/mol. The molecule has 1 aromatic rings. The van der Waals surface area contributed by atoms with Gasteiger partial charge in [-0.1, -0.05) is 30.3 Å². The fraction of sp³-hybridized carbons (Fsp3) is 0.286. The highest BCUT2D eigenvalue weighted by atomic mass is 16.5. The average Bonchev–Trinajstić information content (AvgIpc) is 2.51. The number of rotatable bonds is 6. The quantitative estimate of drug-likeness (QED) is 0.738. The maximum atomic E-state index is 11.9. The van der Waals surface area contributed by atoms with Crippen LogP contribution >= 0.6 is 0 Å². The summed E-state index contributed by atoms with van der Waals surface area (Å²) < 4.78 is 4.56. The average molecular weight is 286 g/mol. The molecule has 0 fully saturated rings. The first kappa shape index (κ1) is 16.0. The summed E-state index contributed by atoms with van der Waals surface area (Å²) in [4.78, 5) is 23.4. The second-order valence-electron chi connectivity index (χ2n) is 4.00. The molecule has 2 N–H and O–H groups in total. The Hall–Kier alpha value is -3.06. The van der Waals surface area contributed by atoms with Gasteiger partial charge in [0.25, 0.3) is 0 Å². The van der Waals surface area contributed by atoms with Crippen molar-refractivity contribution in [3.63, 3.8) is 0 Å². The molecule has 0 saturated heterocycles. The van der Waals surface area contributed by atoms with Crippen LogP contribution in [-0.2, 0) is 16.0 Å². The number of nitrogens with one attached hydrogen (secondary N) is 2. The predicted octanol–water partition coefficient (Wildman–Crippen LogP) is 0.487. The van der Waals surface area contributed by atoms with Gasteiger partial charge in [-0.2, -0.15) is 10.5 Å². The van der Waals surface area contributed by atoms with E-state index >= 15 is 0 Å². The third-order valence-corrected chi connectivity index (χ3v) is 2.50. The Morgan fingerprint density at radius 1 is 1.19 bits per heavy atom. The minimum absolute atomic E-state index is 0.154. The molecule has 1 aromatic carbocycles. The first-order valence-electron chi connectivity index (χ1n) is 6.16. The molecule has 0 bridgehead atoms. The van der Waals surface area contributed by atoms with Crippen LogP contribution in [0.1, 0.15) is 5.56 Å². The van der Waals surface area contributed by atoms with E-state index in [1.807, 2.05) is 30.3 Å². The molecule has 0 heterocycles. The van der Waals surface area contributed by atoms with Gasteiger partial charge in [-0.25, -0.2) is 4.79 Å².